The number of fused-ring (bicyclic) bond motifs is 3. The van der Waals surface area contributed by atoms with Crippen molar-refractivity contribution < 1.29 is 4.74 Å². The maximum Gasteiger partial charge on any atom is 0.185 e. The molecule has 33 heavy (non-hydrogen) atoms. The molecule has 0 saturated carbocycles. The summed E-state index contributed by atoms with van der Waals surface area (Å²) in [5.74, 6) is 1.60. The topological polar surface area (TPSA) is 99.1 Å². The summed E-state index contributed by atoms with van der Waals surface area (Å²) in [6, 6.07) is 8.02. The van der Waals surface area contributed by atoms with Gasteiger partial charge in [0, 0.05) is 17.0 Å². The molecule has 1 aliphatic heterocycles. The van der Waals surface area contributed by atoms with E-state index in [1.54, 1.807) is 11.6 Å². The Labute approximate surface area is 192 Å². The van der Waals surface area contributed by atoms with Crippen LogP contribution in [-0.4, -0.2) is 65.3 Å². The lowest BCUT2D eigenvalue weighted by Crippen LogP contribution is -2.37. The van der Waals surface area contributed by atoms with Crippen LogP contribution in [0.4, 0.5) is 0 Å². The summed E-state index contributed by atoms with van der Waals surface area (Å²) in [5.41, 5.74) is 2.42. The van der Waals surface area contributed by atoms with Gasteiger partial charge in [-0.1, -0.05) is 19.8 Å². The predicted octanol–water partition coefficient (Wildman–Crippen LogP) is 3.38. The first-order valence-electron chi connectivity index (χ1n) is 11.7. The largest absolute Gasteiger partial charge is 0.497 e. The summed E-state index contributed by atoms with van der Waals surface area (Å²) in [7, 11) is 1.66. The zero-order valence-electron chi connectivity index (χ0n) is 19.8. The van der Waals surface area contributed by atoms with Crippen LogP contribution in [0.15, 0.2) is 24.3 Å². The van der Waals surface area contributed by atoms with Crippen LogP contribution >= 0.6 is 0 Å². The molecular formula is C23H31N9O. The number of ether oxygens (including phenoxy) is 1. The van der Waals surface area contributed by atoms with Crippen molar-refractivity contribution in [2.45, 2.75) is 64.5 Å². The van der Waals surface area contributed by atoms with Crippen molar-refractivity contribution in [2.24, 2.45) is 0 Å². The fourth-order valence-electron chi connectivity index (χ4n) is 4.72. The molecule has 1 aliphatic rings. The molecule has 0 N–H and O–H groups in total. The number of hydrogen-bond acceptors (Lipinski definition) is 8. The summed E-state index contributed by atoms with van der Waals surface area (Å²) in [4.78, 5) is 2.50. The molecule has 1 atom stereocenters. The Hall–Kier alpha value is -3.14. The SMILES string of the molecule is CCC(C)(C)n1nnnc1C(c1cc2ccc(OC)cc2n2nnnc12)N1CCCCCC1. The number of aromatic nitrogens is 8. The van der Waals surface area contributed by atoms with Gasteiger partial charge in [0.1, 0.15) is 11.8 Å². The van der Waals surface area contributed by atoms with E-state index in [0.717, 1.165) is 60.4 Å². The lowest BCUT2D eigenvalue weighted by atomic mass is 9.98. The highest BCUT2D eigenvalue weighted by Crippen LogP contribution is 2.36. The van der Waals surface area contributed by atoms with Crippen LogP contribution in [0.25, 0.3) is 16.6 Å². The van der Waals surface area contributed by atoms with Crippen molar-refractivity contribution in [2.75, 3.05) is 20.2 Å². The Bertz CT molecular complexity index is 1250. The Morgan fingerprint density at radius 1 is 1.00 bits per heavy atom. The van der Waals surface area contributed by atoms with Gasteiger partial charge in [-0.3, -0.25) is 4.90 Å². The van der Waals surface area contributed by atoms with Crippen molar-refractivity contribution in [3.8, 4) is 5.75 Å². The minimum atomic E-state index is -0.213. The van der Waals surface area contributed by atoms with E-state index in [2.05, 4.69) is 68.9 Å². The van der Waals surface area contributed by atoms with Crippen LogP contribution in [0, 0.1) is 0 Å². The third-order valence-corrected chi connectivity index (χ3v) is 6.98. The predicted molar refractivity (Wildman–Crippen MR) is 124 cm³/mol. The van der Waals surface area contributed by atoms with Crippen LogP contribution < -0.4 is 4.74 Å². The molecule has 1 aromatic carbocycles. The summed E-state index contributed by atoms with van der Waals surface area (Å²) >= 11 is 0. The highest BCUT2D eigenvalue weighted by molar-refractivity contribution is 5.84. The molecular weight excluding hydrogens is 418 g/mol. The molecule has 1 saturated heterocycles. The molecule has 1 unspecified atom stereocenters. The van der Waals surface area contributed by atoms with E-state index in [-0.39, 0.29) is 11.6 Å². The average Bonchev–Trinajstić information content (AvgIpc) is 3.45. The molecule has 5 rings (SSSR count). The number of tetrazole rings is 2. The monoisotopic (exact) mass is 449 g/mol. The molecule has 4 aromatic rings. The Morgan fingerprint density at radius 2 is 1.76 bits per heavy atom. The molecule has 0 radical (unpaired) electrons. The van der Waals surface area contributed by atoms with E-state index in [9.17, 15) is 0 Å². The number of benzene rings is 1. The Balaban J connectivity index is 1.75. The number of nitrogens with zero attached hydrogens (tertiary/aromatic N) is 9. The minimum absolute atomic E-state index is 0.149. The number of methoxy groups -OCH3 is 1. The summed E-state index contributed by atoms with van der Waals surface area (Å²) < 4.78 is 9.23. The van der Waals surface area contributed by atoms with E-state index in [1.165, 1.54) is 12.8 Å². The molecule has 0 amide bonds. The molecule has 0 spiro atoms. The van der Waals surface area contributed by atoms with Crippen molar-refractivity contribution >= 4 is 16.6 Å². The van der Waals surface area contributed by atoms with Gasteiger partial charge in [-0.25, -0.2) is 4.68 Å². The Kier molecular flexibility index (Phi) is 5.69. The van der Waals surface area contributed by atoms with Gasteiger partial charge in [0.05, 0.1) is 18.2 Å². The highest BCUT2D eigenvalue weighted by atomic mass is 16.5. The van der Waals surface area contributed by atoms with E-state index in [1.807, 2.05) is 16.8 Å². The van der Waals surface area contributed by atoms with Gasteiger partial charge >= 0.3 is 0 Å². The second-order valence-electron chi connectivity index (χ2n) is 9.41. The van der Waals surface area contributed by atoms with Crippen LogP contribution in [0.2, 0.25) is 0 Å². The Morgan fingerprint density at radius 3 is 2.48 bits per heavy atom. The lowest BCUT2D eigenvalue weighted by Gasteiger charge is -2.33. The van der Waals surface area contributed by atoms with Gasteiger partial charge in [-0.15, -0.1) is 10.2 Å². The molecule has 10 nitrogen and oxygen atoms in total. The molecule has 1 fully saturated rings. The average molecular weight is 450 g/mol. The second-order valence-corrected chi connectivity index (χ2v) is 9.41. The van der Waals surface area contributed by atoms with E-state index < -0.39 is 0 Å². The second kappa shape index (κ2) is 8.66. The first-order chi connectivity index (χ1) is 16.0. The van der Waals surface area contributed by atoms with Crippen molar-refractivity contribution in [1.29, 1.82) is 0 Å². The number of likely N-dealkylation sites (tertiary alicyclic amines) is 1. The first-order valence-corrected chi connectivity index (χ1v) is 11.7. The number of pyridine rings is 1. The van der Waals surface area contributed by atoms with Gasteiger partial charge in [-0.05, 0) is 85.3 Å². The molecule has 10 heteroatoms. The summed E-state index contributed by atoms with van der Waals surface area (Å²) in [5, 5.41) is 26.9. The van der Waals surface area contributed by atoms with E-state index >= 15 is 0 Å². The fourth-order valence-corrected chi connectivity index (χ4v) is 4.72. The standard InChI is InChI=1S/C23H31N9O/c1-5-23(2,3)32-22(25-27-29-32)20(30-12-8-6-7-9-13-30)18-14-16-10-11-17(33-4)15-19(16)31-21(18)24-26-28-31/h10-11,14-15,20H,5-9,12-13H2,1-4H3. The van der Waals surface area contributed by atoms with Crippen molar-refractivity contribution in [1.82, 2.24) is 45.1 Å². The molecule has 0 bridgehead atoms. The molecule has 0 aliphatic carbocycles. The third-order valence-electron chi connectivity index (χ3n) is 6.98. The molecule has 174 valence electrons. The van der Waals surface area contributed by atoms with Crippen LogP contribution in [0.3, 0.4) is 0 Å². The molecule has 3 aromatic heterocycles. The molecule has 4 heterocycles. The van der Waals surface area contributed by atoms with Gasteiger partial charge < -0.3 is 4.74 Å². The van der Waals surface area contributed by atoms with E-state index in [4.69, 9.17) is 4.74 Å². The van der Waals surface area contributed by atoms with Gasteiger partial charge in [-0.2, -0.15) is 4.52 Å². The minimum Gasteiger partial charge on any atom is -0.497 e. The maximum atomic E-state index is 5.44. The van der Waals surface area contributed by atoms with Crippen LogP contribution in [0.1, 0.15) is 70.3 Å². The highest BCUT2D eigenvalue weighted by Gasteiger charge is 2.35. The van der Waals surface area contributed by atoms with Gasteiger partial charge in [0.15, 0.2) is 11.5 Å². The zero-order valence-corrected chi connectivity index (χ0v) is 19.8. The van der Waals surface area contributed by atoms with Crippen LogP contribution in [-0.2, 0) is 5.54 Å². The van der Waals surface area contributed by atoms with Crippen molar-refractivity contribution in [3.63, 3.8) is 0 Å². The third kappa shape index (κ3) is 3.82. The van der Waals surface area contributed by atoms with Gasteiger partial charge in [0.25, 0.3) is 0 Å². The number of rotatable bonds is 6. The summed E-state index contributed by atoms with van der Waals surface area (Å²) in [6.45, 7) is 8.48. The van der Waals surface area contributed by atoms with E-state index in [0.29, 0.717) is 5.65 Å². The van der Waals surface area contributed by atoms with Gasteiger partial charge in [0.2, 0.25) is 0 Å². The lowest BCUT2D eigenvalue weighted by molar-refractivity contribution is 0.203. The maximum absolute atomic E-state index is 5.44. The quantitative estimate of drug-likeness (QED) is 0.442. The van der Waals surface area contributed by atoms with Crippen molar-refractivity contribution in [3.05, 3.63) is 35.7 Å². The fraction of sp³-hybridized carbons (Fsp3) is 0.565. The zero-order chi connectivity index (χ0) is 23.0. The summed E-state index contributed by atoms with van der Waals surface area (Å²) in [6.07, 6.45) is 5.71. The normalized spacial score (nSPS) is 16.8. The smallest absolute Gasteiger partial charge is 0.185 e. The number of hydrogen-bond donors (Lipinski definition) is 0. The van der Waals surface area contributed by atoms with Crippen LogP contribution in [0.5, 0.6) is 5.75 Å². The first kappa shape index (κ1) is 21.7.